The second-order valence-corrected chi connectivity index (χ2v) is 5.70. The van der Waals surface area contributed by atoms with E-state index in [1.807, 2.05) is 12.2 Å². The highest BCUT2D eigenvalue weighted by Crippen LogP contribution is 2.27. The molecule has 1 heterocycles. The SMILES string of the molecule is NC(=O)/C(C=Nc1cc(N)ncc1Cl)=C(/N)C1=CC=CCC1Cl. The zero-order valence-corrected chi connectivity index (χ0v) is 13.6. The summed E-state index contributed by atoms with van der Waals surface area (Å²) >= 11 is 12.2. The average molecular weight is 352 g/mol. The minimum absolute atomic E-state index is 0.0450. The summed E-state index contributed by atoms with van der Waals surface area (Å²) in [6, 6.07) is 1.47. The van der Waals surface area contributed by atoms with E-state index >= 15 is 0 Å². The molecule has 0 saturated carbocycles. The van der Waals surface area contributed by atoms with Crippen LogP contribution in [-0.2, 0) is 4.79 Å². The fraction of sp³-hybridized carbons (Fsp3) is 0.133. The summed E-state index contributed by atoms with van der Waals surface area (Å²) in [5, 5.41) is -0.0456. The lowest BCUT2D eigenvalue weighted by Crippen LogP contribution is -2.23. The number of nitrogens with two attached hydrogens (primary N) is 3. The number of aromatic nitrogens is 1. The molecule has 2 rings (SSSR count). The van der Waals surface area contributed by atoms with Crippen LogP contribution in [0.15, 0.2) is 52.3 Å². The van der Waals surface area contributed by atoms with Gasteiger partial charge in [0.25, 0.3) is 5.91 Å². The first-order chi connectivity index (χ1) is 10.9. The fourth-order valence-corrected chi connectivity index (χ4v) is 2.40. The van der Waals surface area contributed by atoms with Crippen LogP contribution in [0.1, 0.15) is 6.42 Å². The van der Waals surface area contributed by atoms with Gasteiger partial charge in [-0.1, -0.05) is 29.8 Å². The maximum absolute atomic E-state index is 11.7. The van der Waals surface area contributed by atoms with Crippen molar-refractivity contribution < 1.29 is 4.79 Å². The lowest BCUT2D eigenvalue weighted by molar-refractivity contribution is -0.114. The molecule has 1 aromatic heterocycles. The highest BCUT2D eigenvalue weighted by molar-refractivity contribution is 6.33. The van der Waals surface area contributed by atoms with Crippen molar-refractivity contribution in [3.8, 4) is 0 Å². The number of allylic oxidation sites excluding steroid dienone is 4. The molecule has 0 radical (unpaired) electrons. The number of hydrogen-bond donors (Lipinski definition) is 3. The highest BCUT2D eigenvalue weighted by Gasteiger charge is 2.19. The van der Waals surface area contributed by atoms with Gasteiger partial charge in [0, 0.05) is 12.3 Å². The van der Waals surface area contributed by atoms with Gasteiger partial charge in [-0.25, -0.2) is 4.98 Å². The molecule has 1 aromatic rings. The van der Waals surface area contributed by atoms with Gasteiger partial charge >= 0.3 is 0 Å². The first-order valence-corrected chi connectivity index (χ1v) is 7.47. The molecule has 8 heteroatoms. The van der Waals surface area contributed by atoms with Gasteiger partial charge < -0.3 is 17.2 Å². The Kier molecular flexibility index (Phi) is 5.41. The molecule has 0 aliphatic heterocycles. The Balaban J connectivity index is 2.42. The predicted octanol–water partition coefficient (Wildman–Crippen LogP) is 2.21. The summed E-state index contributed by atoms with van der Waals surface area (Å²) in [5.74, 6) is -0.469. The second-order valence-electron chi connectivity index (χ2n) is 4.76. The van der Waals surface area contributed by atoms with E-state index in [1.54, 1.807) is 6.08 Å². The van der Waals surface area contributed by atoms with E-state index < -0.39 is 5.91 Å². The third-order valence-electron chi connectivity index (χ3n) is 3.15. The molecule has 6 N–H and O–H groups in total. The van der Waals surface area contributed by atoms with Gasteiger partial charge in [0.15, 0.2) is 0 Å². The van der Waals surface area contributed by atoms with Gasteiger partial charge in [-0.05, 0) is 12.0 Å². The van der Waals surface area contributed by atoms with Gasteiger partial charge in [0.05, 0.1) is 33.6 Å². The zero-order valence-electron chi connectivity index (χ0n) is 12.0. The van der Waals surface area contributed by atoms with E-state index in [1.165, 1.54) is 18.5 Å². The lowest BCUT2D eigenvalue weighted by Gasteiger charge is -2.17. The van der Waals surface area contributed by atoms with Crippen molar-refractivity contribution >= 4 is 46.8 Å². The quantitative estimate of drug-likeness (QED) is 0.437. The van der Waals surface area contributed by atoms with E-state index in [0.29, 0.717) is 17.7 Å². The van der Waals surface area contributed by atoms with Crippen LogP contribution in [0.5, 0.6) is 0 Å². The molecule has 0 fully saturated rings. The molecule has 1 unspecified atom stereocenters. The number of pyridine rings is 1. The standard InChI is InChI=1S/C15H15Cl2N5O/c16-10-4-2-1-3-8(10)14(19)9(15(20)23)6-21-12-5-13(18)22-7-11(12)17/h1-3,5-7,10H,4,19H2,(H2,18,22)(H2,20,23)/b14-9+,21-6?. The number of carbonyl (C=O) groups excluding carboxylic acids is 1. The first-order valence-electron chi connectivity index (χ1n) is 6.66. The van der Waals surface area contributed by atoms with Gasteiger partial charge in [-0.2, -0.15) is 0 Å². The Morgan fingerprint density at radius 2 is 2.17 bits per heavy atom. The first kappa shape index (κ1) is 17.1. The number of nitrogens with zero attached hydrogens (tertiary/aromatic N) is 2. The summed E-state index contributed by atoms with van der Waals surface area (Å²) in [4.78, 5) is 19.7. The molecule has 1 aliphatic carbocycles. The van der Waals surface area contributed by atoms with Crippen LogP contribution in [0.2, 0.25) is 5.02 Å². The Labute approximate surface area is 143 Å². The van der Waals surface area contributed by atoms with Gasteiger partial charge in [0.1, 0.15) is 5.82 Å². The van der Waals surface area contributed by atoms with Crippen molar-refractivity contribution in [3.63, 3.8) is 0 Å². The molecule has 23 heavy (non-hydrogen) atoms. The maximum Gasteiger partial charge on any atom is 0.252 e. The number of halogens is 2. The maximum atomic E-state index is 11.7. The normalized spacial score (nSPS) is 18.7. The Morgan fingerprint density at radius 1 is 1.43 bits per heavy atom. The summed E-state index contributed by atoms with van der Waals surface area (Å²) < 4.78 is 0. The monoisotopic (exact) mass is 351 g/mol. The molecule has 0 saturated heterocycles. The van der Waals surface area contributed by atoms with Gasteiger partial charge in [-0.15, -0.1) is 11.6 Å². The van der Waals surface area contributed by atoms with E-state index in [4.69, 9.17) is 40.4 Å². The topological polar surface area (TPSA) is 120 Å². The summed E-state index contributed by atoms with van der Waals surface area (Å²) in [5.41, 5.74) is 18.2. The van der Waals surface area contributed by atoms with E-state index in [9.17, 15) is 4.79 Å². The molecule has 1 aliphatic rings. The number of rotatable bonds is 4. The Hall–Kier alpha value is -2.31. The minimum atomic E-state index is -0.719. The number of aliphatic imine (C=N–C) groups is 1. The van der Waals surface area contributed by atoms with Crippen LogP contribution in [0.4, 0.5) is 11.5 Å². The van der Waals surface area contributed by atoms with Crippen LogP contribution in [0.25, 0.3) is 0 Å². The molecule has 0 aromatic carbocycles. The molecule has 1 atom stereocenters. The van der Waals surface area contributed by atoms with Crippen molar-refractivity contribution in [1.82, 2.24) is 4.98 Å². The molecular formula is C15H15Cl2N5O. The van der Waals surface area contributed by atoms with Crippen molar-refractivity contribution in [2.45, 2.75) is 11.8 Å². The summed E-state index contributed by atoms with van der Waals surface area (Å²) in [7, 11) is 0. The van der Waals surface area contributed by atoms with Crippen molar-refractivity contribution in [2.75, 3.05) is 5.73 Å². The van der Waals surface area contributed by atoms with Crippen molar-refractivity contribution in [3.05, 3.63) is 52.4 Å². The van der Waals surface area contributed by atoms with Crippen LogP contribution < -0.4 is 17.2 Å². The zero-order chi connectivity index (χ0) is 17.0. The fourth-order valence-electron chi connectivity index (χ4n) is 1.96. The summed E-state index contributed by atoms with van der Waals surface area (Å²) in [6.07, 6.45) is 8.70. The Bertz CT molecular complexity index is 752. The number of alkyl halides is 1. The van der Waals surface area contributed by atoms with Crippen molar-refractivity contribution in [1.29, 1.82) is 0 Å². The van der Waals surface area contributed by atoms with E-state index in [2.05, 4.69) is 9.98 Å². The molecule has 120 valence electrons. The van der Waals surface area contributed by atoms with Crippen LogP contribution in [0.3, 0.4) is 0 Å². The number of anilines is 1. The number of nitrogen functional groups attached to an aromatic ring is 1. The number of amides is 1. The second kappa shape index (κ2) is 7.30. The largest absolute Gasteiger partial charge is 0.398 e. The number of hydrogen-bond acceptors (Lipinski definition) is 5. The third kappa shape index (κ3) is 4.12. The predicted molar refractivity (Wildman–Crippen MR) is 93.7 cm³/mol. The molecule has 6 nitrogen and oxygen atoms in total. The molecule has 1 amide bonds. The summed E-state index contributed by atoms with van der Waals surface area (Å²) in [6.45, 7) is 0. The van der Waals surface area contributed by atoms with E-state index in [0.717, 1.165) is 0 Å². The molecule has 0 bridgehead atoms. The third-order valence-corrected chi connectivity index (χ3v) is 3.85. The van der Waals surface area contributed by atoms with E-state index in [-0.39, 0.29) is 27.5 Å². The highest BCUT2D eigenvalue weighted by atomic mass is 35.5. The van der Waals surface area contributed by atoms with Gasteiger partial charge in [0.2, 0.25) is 0 Å². The molecule has 0 spiro atoms. The molecular weight excluding hydrogens is 337 g/mol. The smallest absolute Gasteiger partial charge is 0.252 e. The van der Waals surface area contributed by atoms with Gasteiger partial charge in [-0.3, -0.25) is 9.79 Å². The average Bonchev–Trinajstić information content (AvgIpc) is 2.50. The van der Waals surface area contributed by atoms with Crippen molar-refractivity contribution in [2.24, 2.45) is 16.5 Å². The van der Waals surface area contributed by atoms with Crippen LogP contribution in [-0.4, -0.2) is 22.5 Å². The minimum Gasteiger partial charge on any atom is -0.398 e. The number of carbonyl (C=O) groups is 1. The lowest BCUT2D eigenvalue weighted by atomic mass is 9.98. The van der Waals surface area contributed by atoms with Crippen LogP contribution >= 0.6 is 23.2 Å². The Morgan fingerprint density at radius 3 is 2.83 bits per heavy atom. The number of primary amides is 1. The van der Waals surface area contributed by atoms with Crippen LogP contribution in [0, 0.1) is 0 Å².